The minimum absolute atomic E-state index is 0.419. The van der Waals surface area contributed by atoms with Crippen LogP contribution in [0.1, 0.15) is 20.7 Å². The van der Waals surface area contributed by atoms with Crippen LogP contribution in [0.4, 0.5) is 0 Å². The molecule has 0 bridgehead atoms. The van der Waals surface area contributed by atoms with E-state index in [-0.39, 0.29) is 0 Å². The highest BCUT2D eigenvalue weighted by Crippen LogP contribution is 2.32. The second-order valence-corrected chi connectivity index (χ2v) is 4.02. The Bertz CT molecular complexity index is 626. The van der Waals surface area contributed by atoms with Gasteiger partial charge in [0, 0.05) is 10.3 Å². The van der Waals surface area contributed by atoms with Crippen molar-refractivity contribution >= 4 is 35.3 Å². The third kappa shape index (κ3) is 1.10. The molecule has 2 aromatic carbocycles. The maximum Gasteiger partial charge on any atom is 0.346 e. The van der Waals surface area contributed by atoms with Crippen LogP contribution >= 0.6 is 12.6 Å². The lowest BCUT2D eigenvalue weighted by Gasteiger charge is -2.15. The molecule has 0 unspecified atom stereocenters. The van der Waals surface area contributed by atoms with E-state index in [2.05, 4.69) is 17.4 Å². The molecule has 3 nitrogen and oxygen atoms in total. The van der Waals surface area contributed by atoms with Gasteiger partial charge in [0.15, 0.2) is 0 Å². The minimum atomic E-state index is -0.595. The van der Waals surface area contributed by atoms with Gasteiger partial charge in [-0.3, -0.25) is 0 Å². The van der Waals surface area contributed by atoms with Crippen molar-refractivity contribution in [3.05, 3.63) is 41.5 Å². The van der Waals surface area contributed by atoms with E-state index < -0.39 is 11.9 Å². The van der Waals surface area contributed by atoms with E-state index >= 15 is 0 Å². The molecule has 0 N–H and O–H groups in total. The molecule has 16 heavy (non-hydrogen) atoms. The van der Waals surface area contributed by atoms with Crippen LogP contribution in [-0.2, 0) is 4.74 Å². The van der Waals surface area contributed by atoms with Crippen molar-refractivity contribution in [1.29, 1.82) is 0 Å². The van der Waals surface area contributed by atoms with Crippen LogP contribution in [0.5, 0.6) is 0 Å². The average molecular weight is 230 g/mol. The summed E-state index contributed by atoms with van der Waals surface area (Å²) in [6, 6.07) is 8.58. The van der Waals surface area contributed by atoms with Crippen molar-refractivity contribution in [1.82, 2.24) is 0 Å². The van der Waals surface area contributed by atoms with Crippen molar-refractivity contribution in [3.8, 4) is 0 Å². The van der Waals surface area contributed by atoms with E-state index in [1.54, 1.807) is 24.3 Å². The summed E-state index contributed by atoms with van der Waals surface area (Å²) in [5.74, 6) is -1.19. The first-order chi connectivity index (χ1) is 7.68. The van der Waals surface area contributed by atoms with Crippen LogP contribution in [0.25, 0.3) is 10.8 Å². The molecule has 1 aliphatic rings. The van der Waals surface area contributed by atoms with Gasteiger partial charge in [-0.2, -0.15) is 0 Å². The molecule has 0 aliphatic carbocycles. The highest BCUT2D eigenvalue weighted by molar-refractivity contribution is 7.80. The first kappa shape index (κ1) is 9.42. The number of cyclic esters (lactones) is 2. The van der Waals surface area contributed by atoms with Crippen molar-refractivity contribution in [2.75, 3.05) is 0 Å². The Morgan fingerprint density at radius 3 is 2.38 bits per heavy atom. The molecule has 0 saturated carbocycles. The molecule has 0 atom stereocenters. The second-order valence-electron chi connectivity index (χ2n) is 3.54. The predicted octanol–water partition coefficient (Wildman–Crippen LogP) is 2.44. The number of esters is 2. The molecular weight excluding hydrogens is 224 g/mol. The molecule has 3 rings (SSSR count). The van der Waals surface area contributed by atoms with E-state index in [0.29, 0.717) is 16.5 Å². The maximum atomic E-state index is 11.5. The van der Waals surface area contributed by atoms with Gasteiger partial charge in [0.1, 0.15) is 0 Å². The molecule has 1 heterocycles. The van der Waals surface area contributed by atoms with Crippen LogP contribution in [0, 0.1) is 0 Å². The highest BCUT2D eigenvalue weighted by atomic mass is 32.1. The quantitative estimate of drug-likeness (QED) is 0.429. The van der Waals surface area contributed by atoms with Crippen molar-refractivity contribution in [2.45, 2.75) is 4.90 Å². The van der Waals surface area contributed by atoms with Gasteiger partial charge in [-0.05, 0) is 23.6 Å². The van der Waals surface area contributed by atoms with E-state index in [0.717, 1.165) is 10.3 Å². The van der Waals surface area contributed by atoms with E-state index in [9.17, 15) is 9.59 Å². The summed E-state index contributed by atoms with van der Waals surface area (Å²) in [4.78, 5) is 23.8. The summed E-state index contributed by atoms with van der Waals surface area (Å²) in [5, 5.41) is 1.43. The SMILES string of the molecule is O=C1OC(=O)c2ccc(S)c3cccc1c23. The zero-order valence-corrected chi connectivity index (χ0v) is 8.95. The number of thiol groups is 1. The van der Waals surface area contributed by atoms with Crippen LogP contribution in [0.3, 0.4) is 0 Å². The fourth-order valence-electron chi connectivity index (χ4n) is 1.93. The largest absolute Gasteiger partial charge is 0.386 e. The standard InChI is InChI=1S/C12H6O3S/c13-11-7-3-1-2-6-9(16)5-4-8(10(6)7)12(14)15-11/h1-5,16H. The summed E-state index contributed by atoms with van der Waals surface area (Å²) in [6.45, 7) is 0. The molecule has 2 aromatic rings. The normalized spacial score (nSPS) is 14.1. The van der Waals surface area contributed by atoms with Gasteiger partial charge in [0.05, 0.1) is 11.1 Å². The Balaban J connectivity index is 2.57. The van der Waals surface area contributed by atoms with E-state index in [1.165, 1.54) is 0 Å². The fraction of sp³-hybridized carbons (Fsp3) is 0. The summed E-state index contributed by atoms with van der Waals surface area (Å²) < 4.78 is 4.64. The fourth-order valence-corrected chi connectivity index (χ4v) is 2.19. The Kier molecular flexibility index (Phi) is 1.82. The third-order valence-electron chi connectivity index (χ3n) is 2.64. The lowest BCUT2D eigenvalue weighted by molar-refractivity contribution is 0.0391. The number of hydrogen-bond donors (Lipinski definition) is 1. The van der Waals surface area contributed by atoms with Crippen LogP contribution < -0.4 is 0 Å². The molecule has 0 radical (unpaired) electrons. The van der Waals surface area contributed by atoms with Gasteiger partial charge < -0.3 is 4.74 Å². The Morgan fingerprint density at radius 1 is 0.938 bits per heavy atom. The van der Waals surface area contributed by atoms with Crippen molar-refractivity contribution < 1.29 is 14.3 Å². The number of hydrogen-bond acceptors (Lipinski definition) is 4. The van der Waals surface area contributed by atoms with Gasteiger partial charge in [0.2, 0.25) is 0 Å². The highest BCUT2D eigenvalue weighted by Gasteiger charge is 2.27. The first-order valence-corrected chi connectivity index (χ1v) is 5.14. The van der Waals surface area contributed by atoms with Crippen molar-refractivity contribution in [2.24, 2.45) is 0 Å². The molecule has 0 aromatic heterocycles. The molecular formula is C12H6O3S. The minimum Gasteiger partial charge on any atom is -0.386 e. The zero-order chi connectivity index (χ0) is 11.3. The first-order valence-electron chi connectivity index (χ1n) is 4.69. The van der Waals surface area contributed by atoms with Crippen LogP contribution in [0.2, 0.25) is 0 Å². The zero-order valence-electron chi connectivity index (χ0n) is 8.06. The Labute approximate surface area is 96.4 Å². The summed E-state index contributed by atoms with van der Waals surface area (Å²) in [7, 11) is 0. The number of benzene rings is 2. The van der Waals surface area contributed by atoms with Crippen molar-refractivity contribution in [3.63, 3.8) is 0 Å². The molecule has 0 amide bonds. The smallest absolute Gasteiger partial charge is 0.346 e. The number of rotatable bonds is 0. The summed E-state index contributed by atoms with van der Waals surface area (Å²) >= 11 is 4.30. The molecule has 0 fully saturated rings. The van der Waals surface area contributed by atoms with E-state index in [4.69, 9.17) is 0 Å². The van der Waals surface area contributed by atoms with Gasteiger partial charge in [-0.25, -0.2) is 9.59 Å². The maximum absolute atomic E-state index is 11.5. The van der Waals surface area contributed by atoms with Gasteiger partial charge in [-0.1, -0.05) is 12.1 Å². The Hall–Kier alpha value is -1.81. The third-order valence-corrected chi connectivity index (χ3v) is 3.03. The average Bonchev–Trinajstić information content (AvgIpc) is 2.27. The van der Waals surface area contributed by atoms with E-state index in [1.807, 2.05) is 6.07 Å². The molecule has 0 saturated heterocycles. The van der Waals surface area contributed by atoms with Crippen LogP contribution in [0.15, 0.2) is 35.2 Å². The van der Waals surface area contributed by atoms with Gasteiger partial charge in [0.25, 0.3) is 0 Å². The van der Waals surface area contributed by atoms with Gasteiger partial charge in [-0.15, -0.1) is 12.6 Å². The molecule has 0 spiro atoms. The lowest BCUT2D eigenvalue weighted by Crippen LogP contribution is -2.19. The second kappa shape index (κ2) is 3.09. The molecule has 1 aliphatic heterocycles. The van der Waals surface area contributed by atoms with Gasteiger partial charge >= 0.3 is 11.9 Å². The summed E-state index contributed by atoms with van der Waals surface area (Å²) in [5.41, 5.74) is 0.839. The lowest BCUT2D eigenvalue weighted by atomic mass is 9.97. The van der Waals surface area contributed by atoms with Crippen LogP contribution in [-0.4, -0.2) is 11.9 Å². The monoisotopic (exact) mass is 230 g/mol. The number of carbonyl (C=O) groups is 2. The topological polar surface area (TPSA) is 43.4 Å². The predicted molar refractivity (Wildman–Crippen MR) is 60.9 cm³/mol. The summed E-state index contributed by atoms with van der Waals surface area (Å²) in [6.07, 6.45) is 0. The molecule has 4 heteroatoms. The number of carbonyl (C=O) groups excluding carboxylic acids is 2. The number of ether oxygens (including phenoxy) is 1. The molecule has 78 valence electrons. The Morgan fingerprint density at radius 2 is 1.62 bits per heavy atom.